The van der Waals surface area contributed by atoms with Crippen molar-refractivity contribution in [1.29, 1.82) is 0 Å². The standard InChI is InChI=1S/C6H11NO4/c1-3-5(7(9)10)6(8)11-4-2/h5H,3-4H2,1-2H3/t5-/m0/s1. The molecule has 0 rings (SSSR count). The lowest BCUT2D eigenvalue weighted by atomic mass is 10.2. The van der Waals surface area contributed by atoms with Gasteiger partial charge in [-0.05, 0) is 6.92 Å². The summed E-state index contributed by atoms with van der Waals surface area (Å²) < 4.78 is 4.48. The monoisotopic (exact) mass is 161 g/mol. The first kappa shape index (κ1) is 9.87. The smallest absolute Gasteiger partial charge is 0.381 e. The second kappa shape index (κ2) is 4.65. The molecule has 0 bridgehead atoms. The van der Waals surface area contributed by atoms with Gasteiger partial charge >= 0.3 is 12.0 Å². The maximum Gasteiger partial charge on any atom is 0.381 e. The normalized spacial score (nSPS) is 12.2. The molecule has 0 radical (unpaired) electrons. The SMILES string of the molecule is CCOC(=O)[C@H](CC)[N+](=O)[O-]. The Labute approximate surface area is 64.5 Å². The zero-order chi connectivity index (χ0) is 8.85. The molecule has 0 saturated carbocycles. The Morgan fingerprint density at radius 3 is 2.45 bits per heavy atom. The number of hydrogen-bond donors (Lipinski definition) is 0. The molecule has 0 N–H and O–H groups in total. The van der Waals surface area contributed by atoms with Crippen molar-refractivity contribution in [3.05, 3.63) is 10.1 Å². The predicted octanol–water partition coefficient (Wildman–Crippen LogP) is 0.605. The van der Waals surface area contributed by atoms with Crippen molar-refractivity contribution in [3.8, 4) is 0 Å². The fourth-order valence-corrected chi connectivity index (χ4v) is 0.640. The molecule has 0 aliphatic heterocycles. The summed E-state index contributed by atoms with van der Waals surface area (Å²) in [4.78, 5) is 20.3. The Morgan fingerprint density at radius 2 is 2.18 bits per heavy atom. The van der Waals surface area contributed by atoms with Gasteiger partial charge in [-0.2, -0.15) is 0 Å². The first-order valence-corrected chi connectivity index (χ1v) is 3.43. The third-order valence-corrected chi connectivity index (χ3v) is 1.20. The lowest BCUT2D eigenvalue weighted by Gasteiger charge is -2.04. The fourth-order valence-electron chi connectivity index (χ4n) is 0.640. The number of esters is 1. The van der Waals surface area contributed by atoms with Gasteiger partial charge in [-0.15, -0.1) is 0 Å². The topological polar surface area (TPSA) is 69.4 Å². The molecule has 5 heteroatoms. The van der Waals surface area contributed by atoms with Crippen LogP contribution in [0.2, 0.25) is 0 Å². The lowest BCUT2D eigenvalue weighted by Crippen LogP contribution is -2.30. The van der Waals surface area contributed by atoms with E-state index in [-0.39, 0.29) is 13.0 Å². The summed E-state index contributed by atoms with van der Waals surface area (Å²) in [6, 6.07) is -1.20. The van der Waals surface area contributed by atoms with E-state index >= 15 is 0 Å². The number of nitro groups is 1. The molecule has 0 aromatic carbocycles. The number of hydrogen-bond acceptors (Lipinski definition) is 4. The first-order chi connectivity index (χ1) is 5.13. The number of rotatable bonds is 4. The predicted molar refractivity (Wildman–Crippen MR) is 37.7 cm³/mol. The summed E-state index contributed by atoms with van der Waals surface area (Å²) in [6.45, 7) is 3.37. The average molecular weight is 161 g/mol. The van der Waals surface area contributed by atoms with Crippen molar-refractivity contribution in [2.75, 3.05) is 6.61 Å². The minimum absolute atomic E-state index is 0.172. The van der Waals surface area contributed by atoms with Crippen LogP contribution in [0.15, 0.2) is 0 Å². The molecule has 64 valence electrons. The van der Waals surface area contributed by atoms with Crippen LogP contribution in [-0.4, -0.2) is 23.5 Å². The first-order valence-electron chi connectivity index (χ1n) is 3.43. The minimum Gasteiger partial charge on any atom is -0.461 e. The molecule has 0 amide bonds. The van der Waals surface area contributed by atoms with Crippen LogP contribution in [0, 0.1) is 10.1 Å². The Hall–Kier alpha value is -1.13. The van der Waals surface area contributed by atoms with E-state index in [4.69, 9.17) is 0 Å². The largest absolute Gasteiger partial charge is 0.461 e. The van der Waals surface area contributed by atoms with E-state index in [1.807, 2.05) is 0 Å². The van der Waals surface area contributed by atoms with Gasteiger partial charge in [0.25, 0.3) is 0 Å². The van der Waals surface area contributed by atoms with E-state index < -0.39 is 16.9 Å². The van der Waals surface area contributed by atoms with Crippen molar-refractivity contribution >= 4 is 5.97 Å². The van der Waals surface area contributed by atoms with Gasteiger partial charge in [0.05, 0.1) is 6.61 Å². The van der Waals surface area contributed by atoms with E-state index in [0.717, 1.165) is 0 Å². The third-order valence-electron chi connectivity index (χ3n) is 1.20. The number of carbonyl (C=O) groups excluding carboxylic acids is 1. The van der Waals surface area contributed by atoms with Crippen LogP contribution < -0.4 is 0 Å². The van der Waals surface area contributed by atoms with E-state index in [1.165, 1.54) is 0 Å². The van der Waals surface area contributed by atoms with Crippen molar-refractivity contribution in [2.45, 2.75) is 26.3 Å². The maximum atomic E-state index is 10.8. The van der Waals surface area contributed by atoms with Crippen LogP contribution in [0.4, 0.5) is 0 Å². The highest BCUT2D eigenvalue weighted by molar-refractivity contribution is 5.74. The summed E-state index contributed by atoms with van der Waals surface area (Å²) in [5, 5.41) is 10.2. The molecule has 0 unspecified atom stereocenters. The molecule has 0 aromatic heterocycles. The summed E-state index contributed by atoms with van der Waals surface area (Å²) >= 11 is 0. The molecular weight excluding hydrogens is 150 g/mol. The summed E-state index contributed by atoms with van der Waals surface area (Å²) in [5.41, 5.74) is 0. The average Bonchev–Trinajstić information content (AvgIpc) is 1.88. The fraction of sp³-hybridized carbons (Fsp3) is 0.833. The van der Waals surface area contributed by atoms with E-state index in [0.29, 0.717) is 0 Å². The Bertz CT molecular complexity index is 157. The zero-order valence-corrected chi connectivity index (χ0v) is 6.57. The highest BCUT2D eigenvalue weighted by Crippen LogP contribution is 1.98. The van der Waals surface area contributed by atoms with Crippen LogP contribution in [0.25, 0.3) is 0 Å². The van der Waals surface area contributed by atoms with Crippen LogP contribution in [-0.2, 0) is 9.53 Å². The highest BCUT2D eigenvalue weighted by Gasteiger charge is 2.28. The molecule has 5 nitrogen and oxygen atoms in total. The van der Waals surface area contributed by atoms with Gasteiger partial charge in [0.1, 0.15) is 0 Å². The molecule has 0 saturated heterocycles. The third kappa shape index (κ3) is 2.97. The van der Waals surface area contributed by atoms with Crippen molar-refractivity contribution in [2.24, 2.45) is 0 Å². The van der Waals surface area contributed by atoms with Gasteiger partial charge in [-0.25, -0.2) is 4.79 Å². The Morgan fingerprint density at radius 1 is 1.64 bits per heavy atom. The van der Waals surface area contributed by atoms with E-state index in [2.05, 4.69) is 4.74 Å². The van der Waals surface area contributed by atoms with Gasteiger partial charge < -0.3 is 4.74 Å². The van der Waals surface area contributed by atoms with Crippen molar-refractivity contribution < 1.29 is 14.5 Å². The molecule has 11 heavy (non-hydrogen) atoms. The summed E-state index contributed by atoms with van der Waals surface area (Å²) in [6.07, 6.45) is 0.172. The molecule has 0 spiro atoms. The van der Waals surface area contributed by atoms with Crippen molar-refractivity contribution in [3.63, 3.8) is 0 Å². The maximum absolute atomic E-state index is 10.8. The van der Waals surface area contributed by atoms with Crippen LogP contribution in [0.5, 0.6) is 0 Å². The summed E-state index contributed by atoms with van der Waals surface area (Å²) in [5.74, 6) is -0.750. The molecule has 0 aromatic rings. The van der Waals surface area contributed by atoms with Gasteiger partial charge in [-0.3, -0.25) is 10.1 Å². The van der Waals surface area contributed by atoms with E-state index in [9.17, 15) is 14.9 Å². The number of nitrogens with zero attached hydrogens (tertiary/aromatic N) is 1. The second-order valence-corrected chi connectivity index (χ2v) is 1.96. The lowest BCUT2D eigenvalue weighted by molar-refractivity contribution is -0.510. The Kier molecular flexibility index (Phi) is 4.17. The number of ether oxygens (including phenoxy) is 1. The van der Waals surface area contributed by atoms with Crippen LogP contribution in [0.3, 0.4) is 0 Å². The van der Waals surface area contributed by atoms with E-state index in [1.54, 1.807) is 13.8 Å². The molecule has 0 fully saturated rings. The molecule has 0 heterocycles. The zero-order valence-electron chi connectivity index (χ0n) is 6.57. The van der Waals surface area contributed by atoms with Gasteiger partial charge in [0.2, 0.25) is 0 Å². The van der Waals surface area contributed by atoms with Crippen LogP contribution in [0.1, 0.15) is 20.3 Å². The van der Waals surface area contributed by atoms with Gasteiger partial charge in [-0.1, -0.05) is 6.92 Å². The molecule has 0 aliphatic rings. The second-order valence-electron chi connectivity index (χ2n) is 1.96. The summed E-state index contributed by atoms with van der Waals surface area (Å²) in [7, 11) is 0. The quantitative estimate of drug-likeness (QED) is 0.344. The Balaban J connectivity index is 4.03. The highest BCUT2D eigenvalue weighted by atomic mass is 16.6. The van der Waals surface area contributed by atoms with Crippen LogP contribution >= 0.6 is 0 Å². The molecule has 1 atom stereocenters. The molecule has 0 aliphatic carbocycles. The molecular formula is C6H11NO4. The minimum atomic E-state index is -1.20. The number of carbonyl (C=O) groups is 1. The van der Waals surface area contributed by atoms with Crippen molar-refractivity contribution in [1.82, 2.24) is 0 Å². The van der Waals surface area contributed by atoms with Gasteiger partial charge in [0.15, 0.2) is 0 Å². The van der Waals surface area contributed by atoms with Gasteiger partial charge in [0, 0.05) is 11.3 Å².